The van der Waals surface area contributed by atoms with Crippen LogP contribution in [0.5, 0.6) is 0 Å². The molecule has 0 atom stereocenters. The Kier molecular flexibility index (Phi) is 4.17. The molecule has 3 aromatic rings. The van der Waals surface area contributed by atoms with E-state index in [-0.39, 0.29) is 17.8 Å². The van der Waals surface area contributed by atoms with Crippen LogP contribution in [0.25, 0.3) is 11.0 Å². The van der Waals surface area contributed by atoms with Crippen molar-refractivity contribution in [2.45, 2.75) is 38.3 Å². The molecule has 1 N–H and O–H groups in total. The second kappa shape index (κ2) is 6.63. The van der Waals surface area contributed by atoms with Gasteiger partial charge >= 0.3 is 0 Å². The number of aromatic amines is 1. The van der Waals surface area contributed by atoms with Crippen molar-refractivity contribution >= 4 is 16.9 Å². The van der Waals surface area contributed by atoms with Gasteiger partial charge in [-0.2, -0.15) is 15.4 Å². The highest BCUT2D eigenvalue weighted by atomic mass is 19.1. The van der Waals surface area contributed by atoms with Crippen molar-refractivity contribution in [1.29, 1.82) is 0 Å². The Balaban J connectivity index is 1.65. The van der Waals surface area contributed by atoms with Gasteiger partial charge in [-0.1, -0.05) is 25.0 Å². The van der Waals surface area contributed by atoms with Crippen LogP contribution in [0.1, 0.15) is 41.6 Å². The summed E-state index contributed by atoms with van der Waals surface area (Å²) in [5.41, 5.74) is 2.80. The SMILES string of the molecule is O=C(c1ccc2n[nH]nc2c1)N(Cc1cccc(F)c1)C1CCCC1. The van der Waals surface area contributed by atoms with Crippen molar-refractivity contribution in [2.75, 3.05) is 0 Å². The standard InChI is InChI=1S/C19H19FN4O/c20-15-5-3-4-13(10-15)12-24(16-6-1-2-7-16)19(25)14-8-9-17-18(11-14)22-23-21-17/h3-5,8-11,16H,1-2,6-7,12H2,(H,21,22,23). The van der Waals surface area contributed by atoms with Gasteiger partial charge in [0, 0.05) is 18.2 Å². The molecular weight excluding hydrogens is 319 g/mol. The number of halogens is 1. The molecule has 5 nitrogen and oxygen atoms in total. The van der Waals surface area contributed by atoms with Gasteiger partial charge in [0.1, 0.15) is 16.9 Å². The number of nitrogens with one attached hydrogen (secondary N) is 1. The molecule has 25 heavy (non-hydrogen) atoms. The fraction of sp³-hybridized carbons (Fsp3) is 0.316. The first-order valence-corrected chi connectivity index (χ1v) is 8.57. The Bertz CT molecular complexity index is 901. The molecule has 0 aliphatic heterocycles. The number of benzene rings is 2. The first kappa shape index (κ1) is 15.7. The number of hydrogen-bond donors (Lipinski definition) is 1. The highest BCUT2D eigenvalue weighted by molar-refractivity contribution is 5.97. The maximum atomic E-state index is 13.5. The maximum absolute atomic E-state index is 13.5. The molecule has 0 saturated heterocycles. The van der Waals surface area contributed by atoms with Crippen LogP contribution >= 0.6 is 0 Å². The zero-order chi connectivity index (χ0) is 17.2. The van der Waals surface area contributed by atoms with Gasteiger partial charge in [0.25, 0.3) is 5.91 Å². The summed E-state index contributed by atoms with van der Waals surface area (Å²) < 4.78 is 13.5. The zero-order valence-electron chi connectivity index (χ0n) is 13.8. The van der Waals surface area contributed by atoms with Gasteiger partial charge in [0.2, 0.25) is 0 Å². The van der Waals surface area contributed by atoms with E-state index in [2.05, 4.69) is 15.4 Å². The fourth-order valence-corrected chi connectivity index (χ4v) is 3.55. The van der Waals surface area contributed by atoms with Crippen LogP contribution in [0.2, 0.25) is 0 Å². The van der Waals surface area contributed by atoms with Crippen molar-refractivity contribution in [3.8, 4) is 0 Å². The minimum Gasteiger partial charge on any atom is -0.331 e. The quantitative estimate of drug-likeness (QED) is 0.789. The molecule has 6 heteroatoms. The van der Waals surface area contributed by atoms with Crippen LogP contribution in [0.15, 0.2) is 42.5 Å². The summed E-state index contributed by atoms with van der Waals surface area (Å²) in [6.07, 6.45) is 4.24. The average molecular weight is 338 g/mol. The van der Waals surface area contributed by atoms with Gasteiger partial charge in [-0.15, -0.1) is 0 Å². The van der Waals surface area contributed by atoms with E-state index >= 15 is 0 Å². The normalized spacial score (nSPS) is 14.9. The lowest BCUT2D eigenvalue weighted by Crippen LogP contribution is -2.38. The Hall–Kier alpha value is -2.76. The number of rotatable bonds is 4. The minimum absolute atomic E-state index is 0.0407. The number of amides is 1. The van der Waals surface area contributed by atoms with Gasteiger partial charge in [-0.05, 0) is 48.7 Å². The van der Waals surface area contributed by atoms with E-state index in [9.17, 15) is 9.18 Å². The van der Waals surface area contributed by atoms with E-state index < -0.39 is 0 Å². The third-order valence-electron chi connectivity index (χ3n) is 4.83. The van der Waals surface area contributed by atoms with Crippen molar-refractivity contribution in [3.05, 3.63) is 59.4 Å². The number of hydrogen-bond acceptors (Lipinski definition) is 3. The summed E-state index contributed by atoms with van der Waals surface area (Å²) in [7, 11) is 0. The first-order valence-electron chi connectivity index (χ1n) is 8.57. The van der Waals surface area contributed by atoms with Crippen LogP contribution in [-0.2, 0) is 6.54 Å². The second-order valence-corrected chi connectivity index (χ2v) is 6.53. The van der Waals surface area contributed by atoms with E-state index in [1.807, 2.05) is 11.0 Å². The lowest BCUT2D eigenvalue weighted by molar-refractivity contribution is 0.0664. The van der Waals surface area contributed by atoms with Crippen LogP contribution in [0.4, 0.5) is 4.39 Å². The Morgan fingerprint density at radius 1 is 1.12 bits per heavy atom. The molecule has 1 amide bonds. The van der Waals surface area contributed by atoms with Gasteiger partial charge in [-0.25, -0.2) is 4.39 Å². The van der Waals surface area contributed by atoms with Crippen molar-refractivity contribution in [3.63, 3.8) is 0 Å². The molecule has 2 aromatic carbocycles. The van der Waals surface area contributed by atoms with Gasteiger partial charge in [0.15, 0.2) is 0 Å². The van der Waals surface area contributed by atoms with Crippen LogP contribution in [-0.4, -0.2) is 32.3 Å². The average Bonchev–Trinajstić information content (AvgIpc) is 3.30. The highest BCUT2D eigenvalue weighted by Gasteiger charge is 2.28. The van der Waals surface area contributed by atoms with Crippen LogP contribution in [0, 0.1) is 5.82 Å². The maximum Gasteiger partial charge on any atom is 0.254 e. The van der Waals surface area contributed by atoms with E-state index in [4.69, 9.17) is 0 Å². The largest absolute Gasteiger partial charge is 0.331 e. The highest BCUT2D eigenvalue weighted by Crippen LogP contribution is 2.27. The lowest BCUT2D eigenvalue weighted by Gasteiger charge is -2.29. The molecule has 0 unspecified atom stereocenters. The molecule has 1 heterocycles. The van der Waals surface area contributed by atoms with Crippen LogP contribution in [0.3, 0.4) is 0 Å². The van der Waals surface area contributed by atoms with Crippen LogP contribution < -0.4 is 0 Å². The zero-order valence-corrected chi connectivity index (χ0v) is 13.8. The summed E-state index contributed by atoms with van der Waals surface area (Å²) in [4.78, 5) is 15.0. The van der Waals surface area contributed by atoms with E-state index in [1.165, 1.54) is 12.1 Å². The van der Waals surface area contributed by atoms with Gasteiger partial charge in [0.05, 0.1) is 0 Å². The Labute approximate surface area is 144 Å². The smallest absolute Gasteiger partial charge is 0.254 e. The summed E-state index contributed by atoms with van der Waals surface area (Å²) in [6.45, 7) is 0.415. The third kappa shape index (κ3) is 3.24. The topological polar surface area (TPSA) is 61.9 Å². The van der Waals surface area contributed by atoms with Gasteiger partial charge < -0.3 is 4.90 Å². The number of carbonyl (C=O) groups is 1. The van der Waals surface area contributed by atoms with E-state index in [0.717, 1.165) is 36.8 Å². The predicted molar refractivity (Wildman–Crippen MR) is 92.4 cm³/mol. The summed E-state index contributed by atoms with van der Waals surface area (Å²) >= 11 is 0. The molecule has 0 radical (unpaired) electrons. The lowest BCUT2D eigenvalue weighted by atomic mass is 10.1. The first-order chi connectivity index (χ1) is 12.2. The summed E-state index contributed by atoms with van der Waals surface area (Å²) in [5.74, 6) is -0.318. The molecule has 1 saturated carbocycles. The molecule has 1 aromatic heterocycles. The summed E-state index contributed by atoms with van der Waals surface area (Å²) in [6, 6.07) is 12.0. The molecule has 128 valence electrons. The molecule has 0 spiro atoms. The molecule has 1 aliphatic rings. The Morgan fingerprint density at radius 2 is 1.92 bits per heavy atom. The molecular formula is C19H19FN4O. The minimum atomic E-state index is -0.277. The van der Waals surface area contributed by atoms with E-state index in [1.54, 1.807) is 24.3 Å². The second-order valence-electron chi connectivity index (χ2n) is 6.53. The van der Waals surface area contributed by atoms with Crippen molar-refractivity contribution in [1.82, 2.24) is 20.3 Å². The number of fused-ring (bicyclic) bond motifs is 1. The molecule has 1 fully saturated rings. The molecule has 1 aliphatic carbocycles. The van der Waals surface area contributed by atoms with E-state index in [0.29, 0.717) is 17.6 Å². The molecule has 4 rings (SSSR count). The monoisotopic (exact) mass is 338 g/mol. The number of nitrogens with zero attached hydrogens (tertiary/aromatic N) is 3. The number of carbonyl (C=O) groups excluding carboxylic acids is 1. The van der Waals surface area contributed by atoms with Crippen molar-refractivity contribution < 1.29 is 9.18 Å². The van der Waals surface area contributed by atoms with Gasteiger partial charge in [-0.3, -0.25) is 4.79 Å². The predicted octanol–water partition coefficient (Wildman–Crippen LogP) is 3.68. The molecule has 0 bridgehead atoms. The number of H-pyrrole nitrogens is 1. The third-order valence-corrected chi connectivity index (χ3v) is 4.83. The number of aromatic nitrogens is 3. The Morgan fingerprint density at radius 3 is 2.72 bits per heavy atom. The summed E-state index contributed by atoms with van der Waals surface area (Å²) in [5, 5.41) is 10.6. The van der Waals surface area contributed by atoms with Crippen molar-refractivity contribution in [2.24, 2.45) is 0 Å². The fourth-order valence-electron chi connectivity index (χ4n) is 3.55.